The molecule has 0 N–H and O–H groups in total. The maximum absolute atomic E-state index is 12.6. The van der Waals surface area contributed by atoms with E-state index in [1.54, 1.807) is 42.7 Å². The van der Waals surface area contributed by atoms with Gasteiger partial charge in [0.25, 0.3) is 5.91 Å². The summed E-state index contributed by atoms with van der Waals surface area (Å²) in [7, 11) is 0. The molecule has 4 rings (SSSR count). The summed E-state index contributed by atoms with van der Waals surface area (Å²) in [6.07, 6.45) is 3.25. The zero-order chi connectivity index (χ0) is 15.1. The number of hydrogen-bond donors (Lipinski definition) is 0. The van der Waals surface area contributed by atoms with Crippen molar-refractivity contribution < 1.29 is 18.7 Å². The topological polar surface area (TPSA) is 51.9 Å². The summed E-state index contributed by atoms with van der Waals surface area (Å²) in [5.74, 6) is 1.72. The number of ether oxygens (including phenoxy) is 2. The number of furan rings is 1. The van der Waals surface area contributed by atoms with Crippen molar-refractivity contribution in [2.45, 2.75) is 0 Å². The predicted molar refractivity (Wildman–Crippen MR) is 86.9 cm³/mol. The summed E-state index contributed by atoms with van der Waals surface area (Å²) in [5, 5.41) is 0. The first kappa shape index (κ1) is 13.4. The van der Waals surface area contributed by atoms with Crippen LogP contribution in [0, 0.1) is 0 Å². The van der Waals surface area contributed by atoms with Crippen LogP contribution in [0.15, 0.2) is 45.9 Å². The van der Waals surface area contributed by atoms with E-state index in [2.05, 4.69) is 0 Å². The first-order chi connectivity index (χ1) is 10.7. The van der Waals surface area contributed by atoms with E-state index in [1.165, 1.54) is 16.7 Å². The number of thioether (sulfide) groups is 1. The molecule has 0 bridgehead atoms. The van der Waals surface area contributed by atoms with Gasteiger partial charge in [0.2, 0.25) is 6.79 Å². The van der Waals surface area contributed by atoms with Crippen molar-refractivity contribution in [2.24, 2.45) is 0 Å². The van der Waals surface area contributed by atoms with Crippen LogP contribution in [0.1, 0.15) is 5.76 Å². The second kappa shape index (κ2) is 5.19. The lowest BCUT2D eigenvalue weighted by Crippen LogP contribution is -2.27. The zero-order valence-corrected chi connectivity index (χ0v) is 12.8. The van der Waals surface area contributed by atoms with Crippen LogP contribution in [0.5, 0.6) is 11.5 Å². The summed E-state index contributed by atoms with van der Waals surface area (Å²) in [5.41, 5.74) is 0.662. The average molecular weight is 331 g/mol. The first-order valence-corrected chi connectivity index (χ1v) is 7.66. The fraction of sp³-hybridized carbons (Fsp3) is 0.0667. The average Bonchev–Trinajstić information content (AvgIpc) is 3.21. The Balaban J connectivity index is 1.68. The van der Waals surface area contributed by atoms with E-state index in [0.29, 0.717) is 32.2 Å². The molecule has 0 radical (unpaired) electrons. The van der Waals surface area contributed by atoms with Crippen molar-refractivity contribution in [3.05, 3.63) is 47.3 Å². The lowest BCUT2D eigenvalue weighted by atomic mass is 10.2. The van der Waals surface area contributed by atoms with Crippen LogP contribution in [0.4, 0.5) is 5.69 Å². The summed E-state index contributed by atoms with van der Waals surface area (Å²) in [4.78, 5) is 14.6. The normalized spacial score (nSPS) is 18.5. The third-order valence-electron chi connectivity index (χ3n) is 3.22. The number of rotatable bonds is 2. The van der Waals surface area contributed by atoms with Crippen molar-refractivity contribution >= 4 is 46.0 Å². The van der Waals surface area contributed by atoms with Crippen molar-refractivity contribution in [3.8, 4) is 11.5 Å². The van der Waals surface area contributed by atoms with Gasteiger partial charge in [-0.25, -0.2) is 0 Å². The molecule has 110 valence electrons. The van der Waals surface area contributed by atoms with Crippen LogP contribution in [0.25, 0.3) is 6.08 Å². The van der Waals surface area contributed by atoms with E-state index < -0.39 is 0 Å². The molecule has 3 heterocycles. The lowest BCUT2D eigenvalue weighted by molar-refractivity contribution is -0.113. The number of nitrogens with zero attached hydrogens (tertiary/aromatic N) is 1. The number of thiocarbonyl (C=S) groups is 1. The molecular weight excluding hydrogens is 322 g/mol. The fourth-order valence-electron chi connectivity index (χ4n) is 2.22. The molecule has 5 nitrogen and oxygen atoms in total. The van der Waals surface area contributed by atoms with Gasteiger partial charge in [-0.2, -0.15) is 0 Å². The molecule has 1 saturated heterocycles. The number of anilines is 1. The van der Waals surface area contributed by atoms with Crippen molar-refractivity contribution in [1.82, 2.24) is 0 Å². The van der Waals surface area contributed by atoms with Crippen LogP contribution >= 0.6 is 24.0 Å². The number of hydrogen-bond acceptors (Lipinski definition) is 6. The third-order valence-corrected chi connectivity index (χ3v) is 4.53. The van der Waals surface area contributed by atoms with Crippen molar-refractivity contribution in [3.63, 3.8) is 0 Å². The molecule has 1 aromatic heterocycles. The van der Waals surface area contributed by atoms with Gasteiger partial charge in [0.1, 0.15) is 5.76 Å². The fourth-order valence-corrected chi connectivity index (χ4v) is 3.50. The van der Waals surface area contributed by atoms with Gasteiger partial charge in [-0.3, -0.25) is 9.69 Å². The summed E-state index contributed by atoms with van der Waals surface area (Å²) in [6, 6.07) is 8.86. The minimum Gasteiger partial charge on any atom is -0.465 e. The number of fused-ring (bicyclic) bond motifs is 1. The molecule has 7 heteroatoms. The highest BCUT2D eigenvalue weighted by Crippen LogP contribution is 2.40. The number of carbonyl (C=O) groups excluding carboxylic acids is 1. The Morgan fingerprint density at radius 3 is 2.91 bits per heavy atom. The lowest BCUT2D eigenvalue weighted by Gasteiger charge is -2.14. The number of benzene rings is 1. The van der Waals surface area contributed by atoms with E-state index >= 15 is 0 Å². The van der Waals surface area contributed by atoms with E-state index in [4.69, 9.17) is 26.1 Å². The minimum atomic E-state index is -0.176. The first-order valence-electron chi connectivity index (χ1n) is 6.43. The molecule has 0 unspecified atom stereocenters. The van der Waals surface area contributed by atoms with Crippen molar-refractivity contribution in [1.29, 1.82) is 0 Å². The van der Waals surface area contributed by atoms with Gasteiger partial charge in [0.05, 0.1) is 16.9 Å². The predicted octanol–water partition coefficient (Wildman–Crippen LogP) is 3.41. The maximum Gasteiger partial charge on any atom is 0.270 e. The van der Waals surface area contributed by atoms with Crippen LogP contribution in [0.3, 0.4) is 0 Å². The van der Waals surface area contributed by atoms with Gasteiger partial charge >= 0.3 is 0 Å². The molecule has 22 heavy (non-hydrogen) atoms. The molecule has 0 saturated carbocycles. The SMILES string of the molecule is O=C1/C(=C/c2ccco2)SC(=S)N1c1ccc2c(c1)OCO2. The highest BCUT2D eigenvalue weighted by Gasteiger charge is 2.34. The molecular formula is C15H9NO4S2. The van der Waals surface area contributed by atoms with Gasteiger partial charge in [-0.05, 0) is 24.3 Å². The van der Waals surface area contributed by atoms with E-state index in [9.17, 15) is 4.79 Å². The van der Waals surface area contributed by atoms with Crippen molar-refractivity contribution in [2.75, 3.05) is 11.7 Å². The van der Waals surface area contributed by atoms with Gasteiger partial charge < -0.3 is 13.9 Å². The van der Waals surface area contributed by atoms with Gasteiger partial charge in [-0.1, -0.05) is 24.0 Å². The zero-order valence-electron chi connectivity index (χ0n) is 11.1. The van der Waals surface area contributed by atoms with Gasteiger partial charge in [0, 0.05) is 12.1 Å². The van der Waals surface area contributed by atoms with E-state index in [-0.39, 0.29) is 12.7 Å². The van der Waals surface area contributed by atoms with Crippen LogP contribution in [0.2, 0.25) is 0 Å². The second-order valence-electron chi connectivity index (χ2n) is 4.57. The minimum absolute atomic E-state index is 0.176. The Bertz CT molecular complexity index is 798. The molecule has 0 atom stereocenters. The Kier molecular flexibility index (Phi) is 3.16. The Labute approximate surface area is 135 Å². The molecule has 1 aromatic carbocycles. The van der Waals surface area contributed by atoms with Crippen LogP contribution < -0.4 is 14.4 Å². The summed E-state index contributed by atoms with van der Waals surface area (Å²) < 4.78 is 16.3. The van der Waals surface area contributed by atoms with Gasteiger partial charge in [-0.15, -0.1) is 0 Å². The highest BCUT2D eigenvalue weighted by atomic mass is 32.2. The van der Waals surface area contributed by atoms with E-state index in [0.717, 1.165) is 0 Å². The van der Waals surface area contributed by atoms with Crippen LogP contribution in [-0.2, 0) is 4.79 Å². The Morgan fingerprint density at radius 2 is 2.09 bits per heavy atom. The number of carbonyl (C=O) groups is 1. The molecule has 2 aliphatic rings. The van der Waals surface area contributed by atoms with Crippen LogP contribution in [-0.4, -0.2) is 17.0 Å². The molecule has 0 aliphatic carbocycles. The quantitative estimate of drug-likeness (QED) is 0.621. The third kappa shape index (κ3) is 2.18. The maximum atomic E-state index is 12.6. The number of amides is 1. The highest BCUT2D eigenvalue weighted by molar-refractivity contribution is 8.27. The Hall–Kier alpha value is -2.25. The Morgan fingerprint density at radius 1 is 1.23 bits per heavy atom. The molecule has 1 fully saturated rings. The van der Waals surface area contributed by atoms with Gasteiger partial charge in [0.15, 0.2) is 15.8 Å². The summed E-state index contributed by atoms with van der Waals surface area (Å²) >= 11 is 6.57. The molecule has 2 aromatic rings. The standard InChI is InChI=1S/C15H9NO4S2/c17-14-13(7-10-2-1-5-18-10)22-15(21)16(14)9-3-4-11-12(6-9)20-8-19-11/h1-7H,8H2/b13-7-. The second-order valence-corrected chi connectivity index (χ2v) is 6.25. The molecule has 1 amide bonds. The summed E-state index contributed by atoms with van der Waals surface area (Å²) in [6.45, 7) is 0.190. The molecule has 0 spiro atoms. The molecule has 2 aliphatic heterocycles. The van der Waals surface area contributed by atoms with E-state index in [1.807, 2.05) is 0 Å². The smallest absolute Gasteiger partial charge is 0.270 e. The monoisotopic (exact) mass is 331 g/mol. The largest absolute Gasteiger partial charge is 0.465 e.